The van der Waals surface area contributed by atoms with Gasteiger partial charge in [0.25, 0.3) is 0 Å². The second kappa shape index (κ2) is 5.43. The molecule has 0 bridgehead atoms. The molecule has 0 saturated carbocycles. The second-order valence-electron chi connectivity index (χ2n) is 3.23. The summed E-state index contributed by atoms with van der Waals surface area (Å²) in [4.78, 5) is 15.4. The highest BCUT2D eigenvalue weighted by Gasteiger charge is 2.05. The van der Waals surface area contributed by atoms with Crippen molar-refractivity contribution in [2.75, 3.05) is 0 Å². The Bertz CT molecular complexity index is 565. The minimum absolute atomic E-state index is 0.353. The maximum absolute atomic E-state index is 13.1. The Balaban J connectivity index is 2.37. The summed E-state index contributed by atoms with van der Waals surface area (Å²) in [5.41, 5.74) is 0.426. The summed E-state index contributed by atoms with van der Waals surface area (Å²) in [5.74, 6) is -0.353. The molecule has 84 valence electrons. The largest absolute Gasteiger partial charge is 0.240 e. The summed E-state index contributed by atoms with van der Waals surface area (Å²) in [5, 5.41) is 0. The van der Waals surface area contributed by atoms with E-state index in [9.17, 15) is 9.18 Å². The predicted octanol–water partition coefficient (Wildman–Crippen LogP) is 3.94. The first-order valence-electron chi connectivity index (χ1n) is 4.90. The monoisotopic (exact) mass is 245 g/mol. The number of rotatable bonds is 3. The van der Waals surface area contributed by atoms with E-state index >= 15 is 0 Å². The van der Waals surface area contributed by atoms with E-state index in [1.807, 2.05) is 30.3 Å². The van der Waals surface area contributed by atoms with E-state index in [1.165, 1.54) is 36.0 Å². The van der Waals surface area contributed by atoms with Crippen molar-refractivity contribution >= 4 is 23.5 Å². The molecule has 0 N–H and O–H groups in total. The Kier molecular flexibility index (Phi) is 3.70. The average Bonchev–Trinajstić information content (AvgIpc) is 2.34. The molecule has 0 unspecified atom stereocenters. The van der Waals surface area contributed by atoms with Gasteiger partial charge in [0.2, 0.25) is 6.08 Å². The summed E-state index contributed by atoms with van der Waals surface area (Å²) in [7, 11) is 0. The Morgan fingerprint density at radius 3 is 2.59 bits per heavy atom. The minimum atomic E-state index is -0.353. The Morgan fingerprint density at radius 2 is 1.88 bits per heavy atom. The second-order valence-corrected chi connectivity index (χ2v) is 4.35. The highest BCUT2D eigenvalue weighted by atomic mass is 32.2. The van der Waals surface area contributed by atoms with Crippen molar-refractivity contribution in [3.05, 3.63) is 54.3 Å². The normalized spacial score (nSPS) is 9.71. The van der Waals surface area contributed by atoms with Crippen LogP contribution in [0.15, 0.2) is 63.3 Å². The predicted molar refractivity (Wildman–Crippen MR) is 64.7 cm³/mol. The number of nitrogens with zero attached hydrogens (tertiary/aromatic N) is 1. The van der Waals surface area contributed by atoms with Crippen molar-refractivity contribution in [3.63, 3.8) is 0 Å². The van der Waals surface area contributed by atoms with Crippen LogP contribution < -0.4 is 0 Å². The zero-order valence-corrected chi connectivity index (χ0v) is 9.58. The van der Waals surface area contributed by atoms with Gasteiger partial charge in [0.1, 0.15) is 5.82 Å². The van der Waals surface area contributed by atoms with E-state index in [0.29, 0.717) is 10.6 Å². The van der Waals surface area contributed by atoms with E-state index in [4.69, 9.17) is 0 Å². The molecule has 0 spiro atoms. The number of hydrogen-bond acceptors (Lipinski definition) is 3. The van der Waals surface area contributed by atoms with Gasteiger partial charge in [-0.15, -0.1) is 0 Å². The molecule has 2 nitrogen and oxygen atoms in total. The molecule has 0 aliphatic heterocycles. The molecule has 0 heterocycles. The van der Waals surface area contributed by atoms with Gasteiger partial charge in [0.05, 0.1) is 5.69 Å². The lowest BCUT2D eigenvalue weighted by Gasteiger charge is -2.04. The maximum atomic E-state index is 13.1. The molecule has 17 heavy (non-hydrogen) atoms. The van der Waals surface area contributed by atoms with Crippen LogP contribution in [0.3, 0.4) is 0 Å². The maximum Gasteiger partial charge on any atom is 0.240 e. The molecular formula is C13H8FNOS. The lowest BCUT2D eigenvalue weighted by molar-refractivity contribution is 0.565. The fraction of sp³-hybridized carbons (Fsp3) is 0. The highest BCUT2D eigenvalue weighted by molar-refractivity contribution is 7.99. The quantitative estimate of drug-likeness (QED) is 0.605. The van der Waals surface area contributed by atoms with Crippen molar-refractivity contribution in [3.8, 4) is 0 Å². The van der Waals surface area contributed by atoms with Gasteiger partial charge in [0.15, 0.2) is 0 Å². The van der Waals surface area contributed by atoms with Crippen molar-refractivity contribution in [2.45, 2.75) is 9.79 Å². The third-order valence-electron chi connectivity index (χ3n) is 2.06. The van der Waals surface area contributed by atoms with E-state index in [0.717, 1.165) is 4.90 Å². The van der Waals surface area contributed by atoms with Gasteiger partial charge in [0, 0.05) is 9.79 Å². The SMILES string of the molecule is O=C=Nc1ccc(F)cc1Sc1ccccc1. The number of halogens is 1. The molecule has 0 aliphatic rings. The summed E-state index contributed by atoms with van der Waals surface area (Å²) < 4.78 is 13.1. The van der Waals surface area contributed by atoms with Gasteiger partial charge in [-0.1, -0.05) is 30.0 Å². The molecule has 0 radical (unpaired) electrons. The van der Waals surface area contributed by atoms with E-state index in [2.05, 4.69) is 4.99 Å². The number of aliphatic imine (C=N–C) groups is 1. The molecule has 0 amide bonds. The summed E-state index contributed by atoms with van der Waals surface area (Å²) in [6.07, 6.45) is 1.47. The lowest BCUT2D eigenvalue weighted by Crippen LogP contribution is -1.79. The number of benzene rings is 2. The van der Waals surface area contributed by atoms with Crippen molar-refractivity contribution in [1.29, 1.82) is 0 Å². The van der Waals surface area contributed by atoms with E-state index in [-0.39, 0.29) is 5.82 Å². The summed E-state index contributed by atoms with van der Waals surface area (Å²) in [6.45, 7) is 0. The van der Waals surface area contributed by atoms with Gasteiger partial charge >= 0.3 is 0 Å². The lowest BCUT2D eigenvalue weighted by atomic mass is 10.3. The molecule has 2 aromatic carbocycles. The van der Waals surface area contributed by atoms with Gasteiger partial charge in [-0.2, -0.15) is 4.99 Å². The standard InChI is InChI=1S/C13H8FNOS/c14-10-6-7-12(15-9-16)13(8-10)17-11-4-2-1-3-5-11/h1-8H. The topological polar surface area (TPSA) is 29.4 Å². The fourth-order valence-electron chi connectivity index (χ4n) is 1.33. The zero-order valence-electron chi connectivity index (χ0n) is 8.76. The smallest absolute Gasteiger partial charge is 0.211 e. The van der Waals surface area contributed by atoms with Crippen LogP contribution >= 0.6 is 11.8 Å². The van der Waals surface area contributed by atoms with Gasteiger partial charge < -0.3 is 0 Å². The first-order valence-corrected chi connectivity index (χ1v) is 5.71. The molecule has 2 rings (SSSR count). The minimum Gasteiger partial charge on any atom is -0.211 e. The molecule has 0 aromatic heterocycles. The van der Waals surface area contributed by atoms with Crippen molar-refractivity contribution in [1.82, 2.24) is 0 Å². The average molecular weight is 245 g/mol. The number of carbonyl (C=O) groups excluding carboxylic acids is 1. The van der Waals surface area contributed by atoms with Crippen LogP contribution in [0, 0.1) is 5.82 Å². The first kappa shape index (κ1) is 11.6. The molecule has 0 atom stereocenters. The fourth-order valence-corrected chi connectivity index (χ4v) is 2.26. The van der Waals surface area contributed by atoms with Crippen LogP contribution in [-0.2, 0) is 4.79 Å². The van der Waals surface area contributed by atoms with Crippen LogP contribution in [0.5, 0.6) is 0 Å². The number of isocyanates is 1. The van der Waals surface area contributed by atoms with Crippen molar-refractivity contribution < 1.29 is 9.18 Å². The molecule has 0 fully saturated rings. The molecule has 2 aromatic rings. The Morgan fingerprint density at radius 1 is 1.12 bits per heavy atom. The van der Waals surface area contributed by atoms with Crippen molar-refractivity contribution in [2.24, 2.45) is 4.99 Å². The van der Waals surface area contributed by atoms with Crippen LogP contribution in [0.2, 0.25) is 0 Å². The molecular weight excluding hydrogens is 237 g/mol. The van der Waals surface area contributed by atoms with Gasteiger partial charge in [-0.3, -0.25) is 0 Å². The molecule has 0 saturated heterocycles. The van der Waals surface area contributed by atoms with Crippen LogP contribution in [0.1, 0.15) is 0 Å². The summed E-state index contributed by atoms with van der Waals surface area (Å²) >= 11 is 1.36. The van der Waals surface area contributed by atoms with Crippen LogP contribution in [0.25, 0.3) is 0 Å². The third kappa shape index (κ3) is 3.03. The first-order chi connectivity index (χ1) is 8.29. The van der Waals surface area contributed by atoms with Crippen LogP contribution in [0.4, 0.5) is 10.1 Å². The van der Waals surface area contributed by atoms with E-state index < -0.39 is 0 Å². The molecule has 4 heteroatoms. The van der Waals surface area contributed by atoms with Gasteiger partial charge in [-0.25, -0.2) is 9.18 Å². The Hall–Kier alpha value is -1.90. The highest BCUT2D eigenvalue weighted by Crippen LogP contribution is 2.35. The van der Waals surface area contributed by atoms with Gasteiger partial charge in [-0.05, 0) is 30.3 Å². The van der Waals surface area contributed by atoms with E-state index in [1.54, 1.807) is 0 Å². The molecule has 0 aliphatic carbocycles. The number of hydrogen-bond donors (Lipinski definition) is 0. The van der Waals surface area contributed by atoms with Crippen LogP contribution in [-0.4, -0.2) is 6.08 Å². The zero-order chi connectivity index (χ0) is 12.1. The third-order valence-corrected chi connectivity index (χ3v) is 3.11. The Labute approximate surface area is 102 Å². The summed E-state index contributed by atoms with van der Waals surface area (Å²) in [6, 6.07) is 13.6.